The maximum atomic E-state index is 9.79. The summed E-state index contributed by atoms with van der Waals surface area (Å²) in [5.41, 5.74) is 1.09. The fourth-order valence-corrected chi connectivity index (χ4v) is 3.20. The van der Waals surface area contributed by atoms with E-state index in [1.807, 2.05) is 31.2 Å². The lowest BCUT2D eigenvalue weighted by Crippen LogP contribution is -2.48. The van der Waals surface area contributed by atoms with E-state index in [4.69, 9.17) is 9.47 Å². The third-order valence-electron chi connectivity index (χ3n) is 4.67. The van der Waals surface area contributed by atoms with Crippen LogP contribution in [-0.4, -0.2) is 23.4 Å². The molecule has 0 radical (unpaired) electrons. The molecule has 1 aliphatic carbocycles. The Morgan fingerprint density at radius 2 is 2.10 bits per heavy atom. The van der Waals surface area contributed by atoms with Gasteiger partial charge in [0, 0.05) is 12.8 Å². The molecule has 2 fully saturated rings. The third-order valence-corrected chi connectivity index (χ3v) is 4.67. The van der Waals surface area contributed by atoms with Gasteiger partial charge in [0.1, 0.15) is 11.9 Å². The highest BCUT2D eigenvalue weighted by atomic mass is 16.5. The molecule has 1 saturated heterocycles. The average molecular weight is 276 g/mol. The number of benzene rings is 1. The fraction of sp³-hybridized carbons (Fsp3) is 0.647. The van der Waals surface area contributed by atoms with Gasteiger partial charge in [0.05, 0.1) is 18.3 Å². The normalized spacial score (nSPS) is 26.0. The molecule has 0 aromatic heterocycles. The molecule has 3 nitrogen and oxygen atoms in total. The van der Waals surface area contributed by atoms with E-state index in [1.54, 1.807) is 0 Å². The summed E-state index contributed by atoms with van der Waals surface area (Å²) in [5, 5.41) is 9.79. The highest BCUT2D eigenvalue weighted by Gasteiger charge is 2.43. The van der Waals surface area contributed by atoms with Crippen molar-refractivity contribution >= 4 is 0 Å². The van der Waals surface area contributed by atoms with Gasteiger partial charge in [0.15, 0.2) is 0 Å². The summed E-state index contributed by atoms with van der Waals surface area (Å²) in [4.78, 5) is 0. The second kappa shape index (κ2) is 5.74. The quantitative estimate of drug-likeness (QED) is 0.913. The fourth-order valence-electron chi connectivity index (χ4n) is 3.20. The topological polar surface area (TPSA) is 38.7 Å². The summed E-state index contributed by atoms with van der Waals surface area (Å²) in [6.07, 6.45) is 6.30. The number of aliphatic hydroxyl groups is 1. The predicted octanol–water partition coefficient (Wildman–Crippen LogP) is 3.61. The maximum absolute atomic E-state index is 9.79. The van der Waals surface area contributed by atoms with Crippen molar-refractivity contribution in [3.05, 3.63) is 29.8 Å². The number of hydrogen-bond acceptors (Lipinski definition) is 3. The zero-order valence-corrected chi connectivity index (χ0v) is 12.2. The highest BCUT2D eigenvalue weighted by Crippen LogP contribution is 2.43. The standard InChI is InChI=1S/C17H24O3/c1-2-16(18)13-4-6-14(7-5-13)20-15-8-11-19-17(12-15)9-3-10-17/h4-7,15-16,18H,2-3,8-12H2,1H3/t15?,16-/m0/s1. The first-order chi connectivity index (χ1) is 9.71. The maximum Gasteiger partial charge on any atom is 0.119 e. The van der Waals surface area contributed by atoms with Gasteiger partial charge in [-0.2, -0.15) is 0 Å². The van der Waals surface area contributed by atoms with Gasteiger partial charge in [-0.1, -0.05) is 19.1 Å². The molecule has 110 valence electrons. The average Bonchev–Trinajstić information content (AvgIpc) is 2.46. The molecule has 2 atom stereocenters. The minimum absolute atomic E-state index is 0.126. The molecule has 1 N–H and O–H groups in total. The van der Waals surface area contributed by atoms with Gasteiger partial charge in [-0.3, -0.25) is 0 Å². The van der Waals surface area contributed by atoms with Crippen LogP contribution in [0.15, 0.2) is 24.3 Å². The van der Waals surface area contributed by atoms with Crippen molar-refractivity contribution in [1.29, 1.82) is 0 Å². The van der Waals surface area contributed by atoms with Gasteiger partial charge >= 0.3 is 0 Å². The van der Waals surface area contributed by atoms with E-state index in [1.165, 1.54) is 19.3 Å². The van der Waals surface area contributed by atoms with Crippen molar-refractivity contribution in [2.75, 3.05) is 6.61 Å². The van der Waals surface area contributed by atoms with E-state index in [0.29, 0.717) is 0 Å². The summed E-state index contributed by atoms with van der Waals surface area (Å²) in [5.74, 6) is 0.901. The van der Waals surface area contributed by atoms with Crippen LogP contribution in [0.5, 0.6) is 5.75 Å². The zero-order chi connectivity index (χ0) is 14.0. The summed E-state index contributed by atoms with van der Waals surface area (Å²) in [7, 11) is 0. The minimum Gasteiger partial charge on any atom is -0.490 e. The van der Waals surface area contributed by atoms with Crippen molar-refractivity contribution in [2.24, 2.45) is 0 Å². The number of hydrogen-bond donors (Lipinski definition) is 1. The van der Waals surface area contributed by atoms with E-state index < -0.39 is 0 Å². The van der Waals surface area contributed by atoms with Gasteiger partial charge in [-0.05, 0) is 43.4 Å². The Morgan fingerprint density at radius 1 is 1.35 bits per heavy atom. The van der Waals surface area contributed by atoms with E-state index >= 15 is 0 Å². The van der Waals surface area contributed by atoms with Gasteiger partial charge in [0.2, 0.25) is 0 Å². The molecular weight excluding hydrogens is 252 g/mol. The Labute approximate surface area is 120 Å². The van der Waals surface area contributed by atoms with Gasteiger partial charge < -0.3 is 14.6 Å². The van der Waals surface area contributed by atoms with Crippen LogP contribution in [0.1, 0.15) is 57.1 Å². The van der Waals surface area contributed by atoms with Crippen molar-refractivity contribution in [3.8, 4) is 5.75 Å². The second-order valence-corrected chi connectivity index (χ2v) is 6.11. The van der Waals surface area contributed by atoms with E-state index in [-0.39, 0.29) is 17.8 Å². The minimum atomic E-state index is -0.370. The highest BCUT2D eigenvalue weighted by molar-refractivity contribution is 5.28. The molecule has 1 spiro atoms. The van der Waals surface area contributed by atoms with Gasteiger partial charge in [0.25, 0.3) is 0 Å². The van der Waals surface area contributed by atoms with Crippen LogP contribution in [0.25, 0.3) is 0 Å². The van der Waals surface area contributed by atoms with E-state index in [0.717, 1.165) is 37.2 Å². The van der Waals surface area contributed by atoms with Crippen molar-refractivity contribution in [1.82, 2.24) is 0 Å². The Balaban J connectivity index is 1.60. The largest absolute Gasteiger partial charge is 0.490 e. The lowest BCUT2D eigenvalue weighted by atomic mass is 9.74. The smallest absolute Gasteiger partial charge is 0.119 e. The van der Waals surface area contributed by atoms with Crippen molar-refractivity contribution < 1.29 is 14.6 Å². The SMILES string of the molecule is CC[C@H](O)c1ccc(OC2CCOC3(CCC3)C2)cc1. The van der Waals surface area contributed by atoms with Crippen LogP contribution in [0.4, 0.5) is 0 Å². The van der Waals surface area contributed by atoms with E-state index in [9.17, 15) is 5.11 Å². The lowest BCUT2D eigenvalue weighted by Gasteiger charge is -2.46. The molecule has 2 aliphatic rings. The molecule has 3 rings (SSSR count). The lowest BCUT2D eigenvalue weighted by molar-refractivity contribution is -0.153. The third kappa shape index (κ3) is 2.84. The molecule has 1 aliphatic heterocycles. The summed E-state index contributed by atoms with van der Waals surface area (Å²) in [6.45, 7) is 2.80. The summed E-state index contributed by atoms with van der Waals surface area (Å²) in [6, 6.07) is 7.86. The zero-order valence-electron chi connectivity index (χ0n) is 12.2. The Hall–Kier alpha value is -1.06. The Morgan fingerprint density at radius 3 is 2.70 bits per heavy atom. The monoisotopic (exact) mass is 276 g/mol. The van der Waals surface area contributed by atoms with Crippen LogP contribution in [-0.2, 0) is 4.74 Å². The van der Waals surface area contributed by atoms with Gasteiger partial charge in [-0.25, -0.2) is 0 Å². The molecule has 1 aromatic carbocycles. The van der Waals surface area contributed by atoms with Crippen molar-refractivity contribution in [2.45, 2.75) is 63.3 Å². The van der Waals surface area contributed by atoms with Crippen molar-refractivity contribution in [3.63, 3.8) is 0 Å². The molecule has 0 bridgehead atoms. The number of aliphatic hydroxyl groups excluding tert-OH is 1. The summed E-state index contributed by atoms with van der Waals surface area (Å²) < 4.78 is 12.0. The Kier molecular flexibility index (Phi) is 3.99. The molecule has 0 amide bonds. The number of ether oxygens (including phenoxy) is 2. The van der Waals surface area contributed by atoms with Gasteiger partial charge in [-0.15, -0.1) is 0 Å². The molecule has 20 heavy (non-hydrogen) atoms. The van der Waals surface area contributed by atoms with Crippen LogP contribution >= 0.6 is 0 Å². The van der Waals surface area contributed by atoms with E-state index in [2.05, 4.69) is 0 Å². The van der Waals surface area contributed by atoms with Crippen LogP contribution < -0.4 is 4.74 Å². The molecule has 1 unspecified atom stereocenters. The second-order valence-electron chi connectivity index (χ2n) is 6.11. The molecule has 1 aromatic rings. The molecule has 1 saturated carbocycles. The predicted molar refractivity (Wildman–Crippen MR) is 77.9 cm³/mol. The molecule has 1 heterocycles. The number of rotatable bonds is 4. The van der Waals surface area contributed by atoms with Crippen LogP contribution in [0, 0.1) is 0 Å². The first-order valence-corrected chi connectivity index (χ1v) is 7.79. The molecule has 3 heteroatoms. The first-order valence-electron chi connectivity index (χ1n) is 7.79. The van der Waals surface area contributed by atoms with Crippen LogP contribution in [0.2, 0.25) is 0 Å². The van der Waals surface area contributed by atoms with Crippen LogP contribution in [0.3, 0.4) is 0 Å². The first kappa shape index (κ1) is 13.9. The summed E-state index contributed by atoms with van der Waals surface area (Å²) >= 11 is 0. The Bertz CT molecular complexity index is 436. The molecular formula is C17H24O3.